The highest BCUT2D eigenvalue weighted by atomic mass is 19.4. The first kappa shape index (κ1) is 21.4. The van der Waals surface area contributed by atoms with E-state index in [1.807, 2.05) is 42.1 Å². The number of halogens is 4. The second kappa shape index (κ2) is 9.33. The molecule has 0 bridgehead atoms. The Bertz CT molecular complexity index is 741. The minimum Gasteiger partial charge on any atom is -0.308 e. The van der Waals surface area contributed by atoms with Gasteiger partial charge >= 0.3 is 6.18 Å². The molecule has 0 N–H and O–H groups in total. The van der Waals surface area contributed by atoms with Crippen molar-refractivity contribution in [2.24, 2.45) is 0 Å². The highest BCUT2D eigenvalue weighted by molar-refractivity contribution is 5.31. The quantitative estimate of drug-likeness (QED) is 0.595. The molecule has 0 heterocycles. The van der Waals surface area contributed by atoms with Crippen molar-refractivity contribution < 1.29 is 17.6 Å². The number of alkyl halides is 3. The Labute approximate surface area is 158 Å². The lowest BCUT2D eigenvalue weighted by Crippen LogP contribution is -2.31. The molecule has 2 aromatic rings. The van der Waals surface area contributed by atoms with Gasteiger partial charge in [0.2, 0.25) is 0 Å². The number of rotatable bonds is 8. The average molecular weight is 382 g/mol. The van der Waals surface area contributed by atoms with Crippen molar-refractivity contribution in [2.45, 2.75) is 32.6 Å². The standard InChI is InChI=1S/C21H26F4N2/c1-4-16-6-5-7-17(12-16)14-27(11-10-26(2)3)15-18-8-9-19(22)13-20(18)21(23,24)25/h5-9,12-13H,4,10-11,14-15H2,1-3H3. The van der Waals surface area contributed by atoms with Crippen LogP contribution in [0.25, 0.3) is 0 Å². The summed E-state index contributed by atoms with van der Waals surface area (Å²) in [7, 11) is 3.85. The third kappa shape index (κ3) is 6.63. The third-order valence-corrected chi connectivity index (χ3v) is 4.44. The molecule has 0 saturated heterocycles. The summed E-state index contributed by atoms with van der Waals surface area (Å²) in [6, 6.07) is 11.0. The fourth-order valence-electron chi connectivity index (χ4n) is 2.95. The molecule has 0 saturated carbocycles. The van der Waals surface area contributed by atoms with Gasteiger partial charge in [-0.15, -0.1) is 0 Å². The van der Waals surface area contributed by atoms with E-state index in [9.17, 15) is 17.6 Å². The smallest absolute Gasteiger partial charge is 0.308 e. The molecule has 0 unspecified atom stereocenters. The van der Waals surface area contributed by atoms with Crippen LogP contribution in [0.5, 0.6) is 0 Å². The monoisotopic (exact) mass is 382 g/mol. The number of likely N-dealkylation sites (N-methyl/N-ethyl adjacent to an activating group) is 1. The van der Waals surface area contributed by atoms with E-state index in [4.69, 9.17) is 0 Å². The second-order valence-electron chi connectivity index (χ2n) is 6.99. The van der Waals surface area contributed by atoms with Crippen molar-refractivity contribution in [2.75, 3.05) is 27.2 Å². The number of benzene rings is 2. The highest BCUT2D eigenvalue weighted by Gasteiger charge is 2.34. The predicted molar refractivity (Wildman–Crippen MR) is 99.9 cm³/mol. The lowest BCUT2D eigenvalue weighted by molar-refractivity contribution is -0.138. The van der Waals surface area contributed by atoms with E-state index < -0.39 is 17.6 Å². The molecule has 2 rings (SSSR count). The lowest BCUT2D eigenvalue weighted by Gasteiger charge is -2.26. The largest absolute Gasteiger partial charge is 0.416 e. The highest BCUT2D eigenvalue weighted by Crippen LogP contribution is 2.33. The Balaban J connectivity index is 2.26. The number of aryl methyl sites for hydroxylation is 1. The fourth-order valence-corrected chi connectivity index (χ4v) is 2.95. The lowest BCUT2D eigenvalue weighted by atomic mass is 10.0. The second-order valence-corrected chi connectivity index (χ2v) is 6.99. The molecule has 0 aliphatic carbocycles. The molecule has 0 amide bonds. The van der Waals surface area contributed by atoms with Crippen LogP contribution in [0.2, 0.25) is 0 Å². The summed E-state index contributed by atoms with van der Waals surface area (Å²) in [6.07, 6.45) is -3.67. The van der Waals surface area contributed by atoms with Crippen molar-refractivity contribution in [1.29, 1.82) is 0 Å². The van der Waals surface area contributed by atoms with Crippen molar-refractivity contribution in [1.82, 2.24) is 9.80 Å². The number of hydrogen-bond donors (Lipinski definition) is 0. The van der Waals surface area contributed by atoms with Crippen molar-refractivity contribution >= 4 is 0 Å². The van der Waals surface area contributed by atoms with E-state index >= 15 is 0 Å². The molecule has 2 aromatic carbocycles. The maximum atomic E-state index is 13.4. The maximum Gasteiger partial charge on any atom is 0.416 e. The fraction of sp³-hybridized carbons (Fsp3) is 0.429. The van der Waals surface area contributed by atoms with Gasteiger partial charge < -0.3 is 4.90 Å². The zero-order chi connectivity index (χ0) is 20.0. The molecule has 0 aliphatic rings. The van der Waals surface area contributed by atoms with Crippen molar-refractivity contribution in [3.05, 3.63) is 70.5 Å². The Kier molecular flexibility index (Phi) is 7.39. The zero-order valence-electron chi connectivity index (χ0n) is 16.0. The molecule has 27 heavy (non-hydrogen) atoms. The summed E-state index contributed by atoms with van der Waals surface area (Å²) < 4.78 is 53.4. The molecule has 0 radical (unpaired) electrons. The zero-order valence-corrected chi connectivity index (χ0v) is 16.0. The van der Waals surface area contributed by atoms with Gasteiger partial charge in [-0.1, -0.05) is 37.3 Å². The minimum atomic E-state index is -4.58. The summed E-state index contributed by atoms with van der Waals surface area (Å²) in [6.45, 7) is 4.04. The van der Waals surface area contributed by atoms with Crippen LogP contribution >= 0.6 is 0 Å². The van der Waals surface area contributed by atoms with Crippen LogP contribution in [0, 0.1) is 5.82 Å². The van der Waals surface area contributed by atoms with Crippen LogP contribution in [-0.4, -0.2) is 37.0 Å². The van der Waals surface area contributed by atoms with E-state index in [2.05, 4.69) is 13.0 Å². The SMILES string of the molecule is CCc1cccc(CN(CCN(C)C)Cc2ccc(F)cc2C(F)(F)F)c1. The summed E-state index contributed by atoms with van der Waals surface area (Å²) in [4.78, 5) is 3.96. The average Bonchev–Trinajstić information content (AvgIpc) is 2.60. The first-order valence-corrected chi connectivity index (χ1v) is 8.99. The van der Waals surface area contributed by atoms with Gasteiger partial charge in [0, 0.05) is 26.2 Å². The topological polar surface area (TPSA) is 6.48 Å². The summed E-state index contributed by atoms with van der Waals surface area (Å²) in [5.74, 6) is -0.874. The molecule has 0 aliphatic heterocycles. The van der Waals surface area contributed by atoms with E-state index in [1.54, 1.807) is 0 Å². The molecule has 0 fully saturated rings. The Hall–Kier alpha value is -1.92. The van der Waals surface area contributed by atoms with Crippen LogP contribution in [0.15, 0.2) is 42.5 Å². The van der Waals surface area contributed by atoms with Crippen molar-refractivity contribution in [3.8, 4) is 0 Å². The molecular weight excluding hydrogens is 356 g/mol. The van der Waals surface area contributed by atoms with Crippen LogP contribution in [0.1, 0.15) is 29.2 Å². The number of hydrogen-bond acceptors (Lipinski definition) is 2. The van der Waals surface area contributed by atoms with Crippen molar-refractivity contribution in [3.63, 3.8) is 0 Å². The van der Waals surface area contributed by atoms with E-state index in [-0.39, 0.29) is 12.1 Å². The summed E-state index contributed by atoms with van der Waals surface area (Å²) >= 11 is 0. The molecule has 0 aromatic heterocycles. The van der Waals surface area contributed by atoms with Crippen LogP contribution in [-0.2, 0) is 25.7 Å². The summed E-state index contributed by atoms with van der Waals surface area (Å²) in [5, 5.41) is 0. The summed E-state index contributed by atoms with van der Waals surface area (Å²) in [5.41, 5.74) is 1.44. The predicted octanol–water partition coefficient (Wildman–Crippen LogP) is 4.97. The third-order valence-electron chi connectivity index (χ3n) is 4.44. The van der Waals surface area contributed by atoms with Gasteiger partial charge in [-0.3, -0.25) is 4.90 Å². The first-order valence-electron chi connectivity index (χ1n) is 8.99. The van der Waals surface area contributed by atoms with Gasteiger partial charge in [-0.25, -0.2) is 4.39 Å². The van der Waals surface area contributed by atoms with Crippen LogP contribution < -0.4 is 0 Å². The van der Waals surface area contributed by atoms with E-state index in [1.165, 1.54) is 11.6 Å². The molecule has 2 nitrogen and oxygen atoms in total. The Morgan fingerprint density at radius 1 is 0.889 bits per heavy atom. The Morgan fingerprint density at radius 3 is 2.22 bits per heavy atom. The van der Waals surface area contributed by atoms with Crippen LogP contribution in [0.4, 0.5) is 17.6 Å². The molecule has 6 heteroatoms. The maximum absolute atomic E-state index is 13.4. The molecular formula is C21H26F4N2. The van der Waals surface area contributed by atoms with Gasteiger partial charge in [-0.2, -0.15) is 13.2 Å². The van der Waals surface area contributed by atoms with Gasteiger partial charge in [0.1, 0.15) is 5.82 Å². The van der Waals surface area contributed by atoms with Gasteiger partial charge in [0.15, 0.2) is 0 Å². The van der Waals surface area contributed by atoms with Crippen LogP contribution in [0.3, 0.4) is 0 Å². The first-order chi connectivity index (χ1) is 12.7. The molecule has 0 atom stereocenters. The van der Waals surface area contributed by atoms with E-state index in [0.29, 0.717) is 19.2 Å². The normalized spacial score (nSPS) is 12.2. The van der Waals surface area contributed by atoms with Gasteiger partial charge in [0.05, 0.1) is 5.56 Å². The Morgan fingerprint density at radius 2 is 1.59 bits per heavy atom. The van der Waals surface area contributed by atoms with E-state index in [0.717, 1.165) is 24.6 Å². The number of nitrogens with zero attached hydrogens (tertiary/aromatic N) is 2. The molecule has 148 valence electrons. The van der Waals surface area contributed by atoms with Gasteiger partial charge in [0.25, 0.3) is 0 Å². The van der Waals surface area contributed by atoms with Gasteiger partial charge in [-0.05, 0) is 49.3 Å². The molecule has 0 spiro atoms. The minimum absolute atomic E-state index is 0.0919.